The van der Waals surface area contributed by atoms with Gasteiger partial charge in [-0.15, -0.1) is 0 Å². The minimum Gasteiger partial charge on any atom is -0.507 e. The SMILES string of the molecule is O=c1c(=Cc2cc(Br)ccc2O)sc2n1C(c1ccc(Cl)cc1)C1=C(N=2)c2ccccc2CC1. The predicted octanol–water partition coefficient (Wildman–Crippen LogP) is 5.44. The van der Waals surface area contributed by atoms with Crippen LogP contribution >= 0.6 is 38.9 Å². The van der Waals surface area contributed by atoms with Crippen LogP contribution in [-0.4, -0.2) is 9.67 Å². The van der Waals surface area contributed by atoms with Gasteiger partial charge in [-0.3, -0.25) is 9.36 Å². The van der Waals surface area contributed by atoms with Gasteiger partial charge in [0.05, 0.1) is 16.3 Å². The molecule has 1 aromatic heterocycles. The second-order valence-corrected chi connectivity index (χ2v) is 10.7. The first-order valence-electron chi connectivity index (χ1n) is 10.9. The van der Waals surface area contributed by atoms with Crippen LogP contribution in [0.3, 0.4) is 0 Å². The largest absolute Gasteiger partial charge is 0.507 e. The molecule has 1 aliphatic heterocycles. The summed E-state index contributed by atoms with van der Waals surface area (Å²) in [7, 11) is 0. The number of hydrogen-bond donors (Lipinski definition) is 1. The van der Waals surface area contributed by atoms with E-state index in [1.165, 1.54) is 16.9 Å². The van der Waals surface area contributed by atoms with Gasteiger partial charge in [-0.05, 0) is 65.9 Å². The molecule has 2 aliphatic rings. The van der Waals surface area contributed by atoms with Crippen molar-refractivity contribution in [3.63, 3.8) is 0 Å². The maximum Gasteiger partial charge on any atom is 0.271 e. The summed E-state index contributed by atoms with van der Waals surface area (Å²) in [4.78, 5) is 19.4. The van der Waals surface area contributed by atoms with Crippen LogP contribution in [0, 0.1) is 0 Å². The summed E-state index contributed by atoms with van der Waals surface area (Å²) in [6, 6.07) is 21.0. The quantitative estimate of drug-likeness (QED) is 0.362. The van der Waals surface area contributed by atoms with Crippen molar-refractivity contribution in [1.29, 1.82) is 0 Å². The summed E-state index contributed by atoms with van der Waals surface area (Å²) in [5, 5.41) is 11.0. The van der Waals surface area contributed by atoms with Crippen LogP contribution in [0.25, 0.3) is 11.8 Å². The highest BCUT2D eigenvalue weighted by Crippen LogP contribution is 2.41. The number of aromatic nitrogens is 1. The Hall–Kier alpha value is -2.93. The molecular formula is C27H18BrClN2O2S. The summed E-state index contributed by atoms with van der Waals surface area (Å²) >= 11 is 11.0. The Balaban J connectivity index is 1.64. The van der Waals surface area contributed by atoms with Gasteiger partial charge in [-0.25, -0.2) is 4.99 Å². The Labute approximate surface area is 212 Å². The van der Waals surface area contributed by atoms with Gasteiger partial charge >= 0.3 is 0 Å². The molecule has 1 N–H and O–H groups in total. The molecule has 0 saturated heterocycles. The van der Waals surface area contributed by atoms with E-state index in [2.05, 4.69) is 34.1 Å². The summed E-state index contributed by atoms with van der Waals surface area (Å²) in [5.41, 5.74) is 5.97. The van der Waals surface area contributed by atoms with E-state index in [1.54, 1.807) is 28.8 Å². The molecule has 6 rings (SSSR count). The fraction of sp³-hybridized carbons (Fsp3) is 0.111. The molecule has 0 saturated carbocycles. The standard InChI is InChI=1S/C27H18BrClN2O2S/c28-18-8-12-22(32)17(13-18)14-23-26(33)31-25(16-5-9-19(29)10-6-16)21-11-7-15-3-1-2-4-20(15)24(21)30-27(31)34-23/h1-6,8-10,12-14,25,32H,7,11H2. The maximum absolute atomic E-state index is 13.7. The third-order valence-electron chi connectivity index (χ3n) is 6.33. The van der Waals surface area contributed by atoms with E-state index in [-0.39, 0.29) is 17.4 Å². The molecule has 0 bridgehead atoms. The average Bonchev–Trinajstić information content (AvgIpc) is 3.15. The molecule has 3 aromatic carbocycles. The number of aryl methyl sites for hydroxylation is 1. The number of aromatic hydroxyl groups is 1. The van der Waals surface area contributed by atoms with Crippen molar-refractivity contribution >= 4 is 50.6 Å². The van der Waals surface area contributed by atoms with E-state index in [9.17, 15) is 9.90 Å². The average molecular weight is 550 g/mol. The number of phenolic OH excluding ortho intramolecular Hbond substituents is 1. The van der Waals surface area contributed by atoms with Crippen molar-refractivity contribution in [3.05, 3.63) is 124 Å². The van der Waals surface area contributed by atoms with Crippen LogP contribution in [0.5, 0.6) is 5.75 Å². The van der Waals surface area contributed by atoms with Crippen molar-refractivity contribution in [2.75, 3.05) is 0 Å². The van der Waals surface area contributed by atoms with Crippen molar-refractivity contribution in [1.82, 2.24) is 4.57 Å². The minimum atomic E-state index is -0.255. The highest BCUT2D eigenvalue weighted by molar-refractivity contribution is 9.10. The van der Waals surface area contributed by atoms with E-state index in [1.807, 2.05) is 30.3 Å². The van der Waals surface area contributed by atoms with Gasteiger partial charge in [-0.1, -0.05) is 75.3 Å². The number of fused-ring (bicyclic) bond motifs is 3. The molecule has 34 heavy (non-hydrogen) atoms. The highest BCUT2D eigenvalue weighted by Gasteiger charge is 2.32. The second kappa shape index (κ2) is 8.38. The lowest BCUT2D eigenvalue weighted by Gasteiger charge is -2.30. The van der Waals surface area contributed by atoms with Crippen molar-refractivity contribution in [2.45, 2.75) is 18.9 Å². The molecule has 2 heterocycles. The molecule has 4 nitrogen and oxygen atoms in total. The molecule has 1 aliphatic carbocycles. The summed E-state index contributed by atoms with van der Waals surface area (Å²) < 4.78 is 3.15. The van der Waals surface area contributed by atoms with Gasteiger partial charge in [-0.2, -0.15) is 0 Å². The molecule has 7 heteroatoms. The third-order valence-corrected chi connectivity index (χ3v) is 8.06. The van der Waals surface area contributed by atoms with Crippen LogP contribution in [0.4, 0.5) is 0 Å². The van der Waals surface area contributed by atoms with E-state index < -0.39 is 0 Å². The van der Waals surface area contributed by atoms with Gasteiger partial charge in [0.2, 0.25) is 0 Å². The zero-order valence-corrected chi connectivity index (χ0v) is 21.0. The molecule has 0 radical (unpaired) electrons. The monoisotopic (exact) mass is 548 g/mol. The molecule has 1 unspecified atom stereocenters. The minimum absolute atomic E-state index is 0.117. The Morgan fingerprint density at radius 1 is 1.09 bits per heavy atom. The molecule has 0 amide bonds. The van der Waals surface area contributed by atoms with Crippen LogP contribution < -0.4 is 14.9 Å². The normalized spacial score (nSPS) is 17.1. The maximum atomic E-state index is 13.7. The molecular weight excluding hydrogens is 532 g/mol. The number of halogens is 2. The van der Waals surface area contributed by atoms with Crippen molar-refractivity contribution in [3.8, 4) is 5.75 Å². The summed E-state index contributed by atoms with van der Waals surface area (Å²) in [5.74, 6) is 0.122. The Morgan fingerprint density at radius 3 is 2.71 bits per heavy atom. The van der Waals surface area contributed by atoms with Crippen LogP contribution in [0.1, 0.15) is 34.7 Å². The first-order chi connectivity index (χ1) is 16.5. The highest BCUT2D eigenvalue weighted by atomic mass is 79.9. The molecule has 0 fully saturated rings. The first-order valence-corrected chi connectivity index (χ1v) is 12.9. The second-order valence-electron chi connectivity index (χ2n) is 8.37. The van der Waals surface area contributed by atoms with Crippen molar-refractivity contribution in [2.24, 2.45) is 4.99 Å². The fourth-order valence-corrected chi connectivity index (χ4v) is 6.25. The van der Waals surface area contributed by atoms with E-state index >= 15 is 0 Å². The molecule has 168 valence electrons. The van der Waals surface area contributed by atoms with Gasteiger partial charge in [0.15, 0.2) is 4.80 Å². The first kappa shape index (κ1) is 21.6. The van der Waals surface area contributed by atoms with Crippen molar-refractivity contribution < 1.29 is 5.11 Å². The van der Waals surface area contributed by atoms with Gasteiger partial charge < -0.3 is 5.11 Å². The molecule has 4 aromatic rings. The van der Waals surface area contributed by atoms with Crippen LogP contribution in [0.15, 0.2) is 86.6 Å². The predicted molar refractivity (Wildman–Crippen MR) is 140 cm³/mol. The van der Waals surface area contributed by atoms with Crippen LogP contribution in [0.2, 0.25) is 5.02 Å². The summed E-state index contributed by atoms with van der Waals surface area (Å²) in [6.45, 7) is 0. The van der Waals surface area contributed by atoms with E-state index in [0.29, 0.717) is 19.9 Å². The van der Waals surface area contributed by atoms with E-state index in [0.717, 1.165) is 39.7 Å². The number of benzene rings is 3. The Kier molecular flexibility index (Phi) is 5.32. The Bertz CT molecular complexity index is 1670. The van der Waals surface area contributed by atoms with Crippen LogP contribution in [-0.2, 0) is 6.42 Å². The number of phenols is 1. The van der Waals surface area contributed by atoms with Gasteiger partial charge in [0.1, 0.15) is 5.75 Å². The third kappa shape index (κ3) is 3.57. The number of allylic oxidation sites excluding steroid dienone is 1. The van der Waals surface area contributed by atoms with Gasteiger partial charge in [0.25, 0.3) is 5.56 Å². The topological polar surface area (TPSA) is 54.6 Å². The molecule has 1 atom stereocenters. The van der Waals surface area contributed by atoms with E-state index in [4.69, 9.17) is 16.6 Å². The number of thiazole rings is 1. The lowest BCUT2D eigenvalue weighted by molar-refractivity contribution is 0.474. The summed E-state index contributed by atoms with van der Waals surface area (Å²) in [6.07, 6.45) is 3.48. The molecule has 0 spiro atoms. The fourth-order valence-electron chi connectivity index (χ4n) is 4.75. The van der Waals surface area contributed by atoms with Gasteiger partial charge in [0, 0.05) is 20.6 Å². The smallest absolute Gasteiger partial charge is 0.271 e. The lowest BCUT2D eigenvalue weighted by Crippen LogP contribution is -2.38. The number of rotatable bonds is 2. The zero-order chi connectivity index (χ0) is 23.4. The number of hydrogen-bond acceptors (Lipinski definition) is 4. The number of nitrogens with zero attached hydrogens (tertiary/aromatic N) is 2. The lowest BCUT2D eigenvalue weighted by atomic mass is 9.83. The Morgan fingerprint density at radius 2 is 1.88 bits per heavy atom. The zero-order valence-electron chi connectivity index (χ0n) is 17.8.